The van der Waals surface area contributed by atoms with Crippen LogP contribution < -0.4 is 4.90 Å². The minimum Gasteiger partial charge on any atom is -0.368 e. The van der Waals surface area contributed by atoms with Crippen molar-refractivity contribution in [3.05, 3.63) is 65.0 Å². The van der Waals surface area contributed by atoms with Gasteiger partial charge in [0, 0.05) is 37.6 Å². The zero-order valence-electron chi connectivity index (χ0n) is 15.4. The molecule has 1 aliphatic heterocycles. The number of benzene rings is 2. The van der Waals surface area contributed by atoms with Crippen LogP contribution in [0.4, 0.5) is 10.1 Å². The number of carbonyl (C=O) groups is 1. The Morgan fingerprint density at radius 2 is 1.73 bits per heavy atom. The van der Waals surface area contributed by atoms with Crippen molar-refractivity contribution in [3.63, 3.8) is 0 Å². The second-order valence-electron chi connectivity index (χ2n) is 6.78. The van der Waals surface area contributed by atoms with Gasteiger partial charge in [0.2, 0.25) is 5.91 Å². The number of anilines is 1. The molecule has 2 aromatic rings. The predicted octanol–water partition coefficient (Wildman–Crippen LogP) is 4.02. The summed E-state index contributed by atoms with van der Waals surface area (Å²) < 4.78 is 12.9. The Hall–Kier alpha value is -2.01. The number of nitrogens with zero attached hydrogens (tertiary/aromatic N) is 2. The number of thioether (sulfide) groups is 1. The Morgan fingerprint density at radius 1 is 1.04 bits per heavy atom. The van der Waals surface area contributed by atoms with Crippen molar-refractivity contribution >= 4 is 23.4 Å². The molecular weight excluding hydrogens is 347 g/mol. The molecule has 0 aromatic heterocycles. The van der Waals surface area contributed by atoms with Crippen LogP contribution in [0.25, 0.3) is 0 Å². The lowest BCUT2D eigenvalue weighted by atomic mass is 10.1. The number of rotatable bonds is 5. The fraction of sp³-hybridized carbons (Fsp3) is 0.381. The lowest BCUT2D eigenvalue weighted by Crippen LogP contribution is -2.49. The molecule has 1 amide bonds. The number of piperazine rings is 1. The molecule has 0 saturated carbocycles. The van der Waals surface area contributed by atoms with E-state index in [0.717, 1.165) is 37.5 Å². The number of aryl methyl sites for hydroxylation is 2. The van der Waals surface area contributed by atoms with Gasteiger partial charge >= 0.3 is 0 Å². The molecule has 1 aliphatic rings. The van der Waals surface area contributed by atoms with Crippen LogP contribution in [0.5, 0.6) is 0 Å². The number of carbonyl (C=O) groups excluding carboxylic acids is 1. The molecule has 1 fully saturated rings. The topological polar surface area (TPSA) is 23.6 Å². The van der Waals surface area contributed by atoms with Crippen LogP contribution in [0.15, 0.2) is 42.5 Å². The summed E-state index contributed by atoms with van der Waals surface area (Å²) in [7, 11) is 0. The molecule has 0 bridgehead atoms. The first-order chi connectivity index (χ1) is 12.5. The van der Waals surface area contributed by atoms with Crippen LogP contribution in [0.3, 0.4) is 0 Å². The van der Waals surface area contributed by atoms with Crippen molar-refractivity contribution in [3.8, 4) is 0 Å². The van der Waals surface area contributed by atoms with Crippen molar-refractivity contribution in [1.82, 2.24) is 4.90 Å². The fourth-order valence-electron chi connectivity index (χ4n) is 3.18. The molecule has 0 unspecified atom stereocenters. The average Bonchev–Trinajstić information content (AvgIpc) is 2.65. The van der Waals surface area contributed by atoms with Crippen LogP contribution in [0.2, 0.25) is 0 Å². The van der Waals surface area contributed by atoms with E-state index in [4.69, 9.17) is 0 Å². The second-order valence-corrected chi connectivity index (χ2v) is 7.76. The lowest BCUT2D eigenvalue weighted by molar-refractivity contribution is -0.128. The van der Waals surface area contributed by atoms with E-state index >= 15 is 0 Å². The Morgan fingerprint density at radius 3 is 2.42 bits per heavy atom. The molecule has 0 radical (unpaired) electrons. The van der Waals surface area contributed by atoms with Gasteiger partial charge < -0.3 is 9.80 Å². The highest BCUT2D eigenvalue weighted by Crippen LogP contribution is 2.23. The quantitative estimate of drug-likeness (QED) is 0.792. The van der Waals surface area contributed by atoms with E-state index in [-0.39, 0.29) is 11.7 Å². The maximum atomic E-state index is 12.9. The fourth-order valence-corrected chi connectivity index (χ4v) is 4.07. The molecular formula is C21H25FN2OS. The highest BCUT2D eigenvalue weighted by Gasteiger charge is 2.22. The van der Waals surface area contributed by atoms with Gasteiger partial charge in [-0.15, -0.1) is 11.8 Å². The zero-order chi connectivity index (χ0) is 18.5. The second kappa shape index (κ2) is 8.58. The third-order valence-corrected chi connectivity index (χ3v) is 5.73. The molecule has 3 rings (SSSR count). The first-order valence-corrected chi connectivity index (χ1v) is 10.1. The Kier molecular flexibility index (Phi) is 6.20. The van der Waals surface area contributed by atoms with Crippen molar-refractivity contribution in [2.45, 2.75) is 19.6 Å². The van der Waals surface area contributed by atoms with Crippen LogP contribution in [-0.4, -0.2) is 42.7 Å². The van der Waals surface area contributed by atoms with Crippen molar-refractivity contribution < 1.29 is 9.18 Å². The molecule has 3 nitrogen and oxygen atoms in total. The molecule has 26 heavy (non-hydrogen) atoms. The summed E-state index contributed by atoms with van der Waals surface area (Å²) in [5.41, 5.74) is 4.87. The Bertz CT molecular complexity index is 755. The van der Waals surface area contributed by atoms with E-state index in [2.05, 4.69) is 36.9 Å². The third kappa shape index (κ3) is 4.79. The van der Waals surface area contributed by atoms with Crippen LogP contribution in [-0.2, 0) is 10.5 Å². The molecule has 0 atom stereocenters. The monoisotopic (exact) mass is 372 g/mol. The summed E-state index contributed by atoms with van der Waals surface area (Å²) in [6.07, 6.45) is 0. The van der Waals surface area contributed by atoms with Gasteiger partial charge in [0.25, 0.3) is 0 Å². The summed E-state index contributed by atoms with van der Waals surface area (Å²) in [5.74, 6) is 1.17. The molecule has 5 heteroatoms. The van der Waals surface area contributed by atoms with Crippen LogP contribution in [0.1, 0.15) is 16.7 Å². The van der Waals surface area contributed by atoms with E-state index in [9.17, 15) is 9.18 Å². The van der Waals surface area contributed by atoms with Gasteiger partial charge in [-0.2, -0.15) is 0 Å². The first-order valence-electron chi connectivity index (χ1n) is 8.95. The number of amides is 1. The average molecular weight is 373 g/mol. The van der Waals surface area contributed by atoms with Crippen LogP contribution >= 0.6 is 11.8 Å². The lowest BCUT2D eigenvalue weighted by Gasteiger charge is -2.37. The van der Waals surface area contributed by atoms with E-state index in [0.29, 0.717) is 5.75 Å². The number of hydrogen-bond donors (Lipinski definition) is 0. The standard InChI is InChI=1S/C21H25FN2OS/c1-16-3-4-17(2)20(13-16)23-9-11-24(12-10-23)21(25)15-26-14-18-5-7-19(22)8-6-18/h3-8,13H,9-12,14-15H2,1-2H3. The Balaban J connectivity index is 1.46. The SMILES string of the molecule is Cc1ccc(C)c(N2CCN(C(=O)CSCc3ccc(F)cc3)CC2)c1. The maximum absolute atomic E-state index is 12.9. The summed E-state index contributed by atoms with van der Waals surface area (Å²) in [6, 6.07) is 13.0. The van der Waals surface area contributed by atoms with Crippen LogP contribution in [0, 0.1) is 19.7 Å². The van der Waals surface area contributed by atoms with E-state index < -0.39 is 0 Å². The summed E-state index contributed by atoms with van der Waals surface area (Å²) in [5, 5.41) is 0. The van der Waals surface area contributed by atoms with E-state index in [1.54, 1.807) is 23.9 Å². The van der Waals surface area contributed by atoms with Gasteiger partial charge in [0.1, 0.15) is 5.82 Å². The first kappa shape index (κ1) is 18.8. The third-order valence-electron chi connectivity index (χ3n) is 4.75. The van der Waals surface area contributed by atoms with E-state index in [1.165, 1.54) is 28.9 Å². The highest BCUT2D eigenvalue weighted by molar-refractivity contribution is 7.99. The van der Waals surface area contributed by atoms with Gasteiger partial charge in [-0.1, -0.05) is 24.3 Å². The molecule has 2 aromatic carbocycles. The minimum atomic E-state index is -0.225. The number of hydrogen-bond acceptors (Lipinski definition) is 3. The molecule has 0 aliphatic carbocycles. The minimum absolute atomic E-state index is 0.192. The zero-order valence-corrected chi connectivity index (χ0v) is 16.2. The van der Waals surface area contributed by atoms with Crippen molar-refractivity contribution in [2.24, 2.45) is 0 Å². The van der Waals surface area contributed by atoms with Gasteiger partial charge in [0.05, 0.1) is 5.75 Å². The molecule has 0 N–H and O–H groups in total. The number of halogens is 1. The van der Waals surface area contributed by atoms with Crippen molar-refractivity contribution in [2.75, 3.05) is 36.8 Å². The summed E-state index contributed by atoms with van der Waals surface area (Å²) in [6.45, 7) is 7.53. The maximum Gasteiger partial charge on any atom is 0.232 e. The molecule has 1 heterocycles. The molecule has 1 saturated heterocycles. The van der Waals surface area contributed by atoms with Gasteiger partial charge in [-0.25, -0.2) is 4.39 Å². The van der Waals surface area contributed by atoms with Crippen molar-refractivity contribution in [1.29, 1.82) is 0 Å². The normalized spacial score (nSPS) is 14.6. The van der Waals surface area contributed by atoms with Gasteiger partial charge in [-0.05, 0) is 48.7 Å². The predicted molar refractivity (Wildman–Crippen MR) is 107 cm³/mol. The molecule has 138 valence electrons. The van der Waals surface area contributed by atoms with Gasteiger partial charge in [0.15, 0.2) is 0 Å². The largest absolute Gasteiger partial charge is 0.368 e. The highest BCUT2D eigenvalue weighted by atomic mass is 32.2. The van der Waals surface area contributed by atoms with E-state index in [1.807, 2.05) is 4.90 Å². The smallest absolute Gasteiger partial charge is 0.232 e. The summed E-state index contributed by atoms with van der Waals surface area (Å²) in [4.78, 5) is 16.8. The summed E-state index contributed by atoms with van der Waals surface area (Å²) >= 11 is 1.59. The molecule has 0 spiro atoms. The Labute approximate surface area is 159 Å². The van der Waals surface area contributed by atoms with Gasteiger partial charge in [-0.3, -0.25) is 4.79 Å².